The Morgan fingerprint density at radius 2 is 2.21 bits per heavy atom. The second-order valence-corrected chi connectivity index (χ2v) is 2.48. The molecule has 1 N–H and O–H groups in total. The van der Waals surface area contributed by atoms with Gasteiger partial charge in [-0.3, -0.25) is 4.79 Å². The van der Waals surface area contributed by atoms with E-state index < -0.39 is 24.5 Å². The summed E-state index contributed by atoms with van der Waals surface area (Å²) < 4.78 is 36.3. The molecule has 1 aromatic heterocycles. The molecule has 0 radical (unpaired) electrons. The van der Waals surface area contributed by atoms with Gasteiger partial charge < -0.3 is 5.11 Å². The van der Waals surface area contributed by atoms with Crippen LogP contribution in [0.5, 0.6) is 0 Å². The van der Waals surface area contributed by atoms with Gasteiger partial charge >= 0.3 is 12.3 Å². The molecule has 0 spiro atoms. The molecular weight excluding hydrogens is 203 g/mol. The summed E-state index contributed by atoms with van der Waals surface area (Å²) in [6.07, 6.45) is -4.79. The van der Waals surface area contributed by atoms with Gasteiger partial charge in [-0.25, -0.2) is 4.57 Å². The second-order valence-electron chi connectivity index (χ2n) is 2.48. The molecule has 0 amide bonds. The van der Waals surface area contributed by atoms with Crippen molar-refractivity contribution in [3.05, 3.63) is 12.2 Å². The molecule has 0 unspecified atom stereocenters. The van der Waals surface area contributed by atoms with Crippen molar-refractivity contribution < 1.29 is 23.1 Å². The monoisotopic (exact) mass is 209 g/mol. The highest BCUT2D eigenvalue weighted by atomic mass is 19.4. The Morgan fingerprint density at radius 1 is 1.57 bits per heavy atom. The fourth-order valence-corrected chi connectivity index (χ4v) is 0.860. The number of aryl methyl sites for hydroxylation is 1. The van der Waals surface area contributed by atoms with E-state index in [4.69, 9.17) is 5.11 Å². The van der Waals surface area contributed by atoms with Crippen LogP contribution in [0.1, 0.15) is 12.2 Å². The summed E-state index contributed by atoms with van der Waals surface area (Å²) in [7, 11) is 0. The van der Waals surface area contributed by atoms with E-state index >= 15 is 0 Å². The van der Waals surface area contributed by atoms with Crippen molar-refractivity contribution in [3.8, 4) is 0 Å². The third-order valence-corrected chi connectivity index (χ3v) is 1.45. The Balaban J connectivity index is 2.78. The lowest BCUT2D eigenvalue weighted by atomic mass is 10.3. The fraction of sp³-hybridized carbons (Fsp3) is 0.500. The maximum atomic E-state index is 12.1. The molecule has 1 heterocycles. The van der Waals surface area contributed by atoms with E-state index in [2.05, 4.69) is 10.2 Å². The zero-order chi connectivity index (χ0) is 10.8. The third kappa shape index (κ3) is 2.44. The first-order valence-electron chi connectivity index (χ1n) is 3.59. The Labute approximate surface area is 76.2 Å². The number of aliphatic carboxylic acids is 1. The first kappa shape index (κ1) is 10.5. The number of aromatic nitrogens is 3. The summed E-state index contributed by atoms with van der Waals surface area (Å²) in [5.41, 5.74) is 0. The van der Waals surface area contributed by atoms with Gasteiger partial charge in [0, 0.05) is 6.42 Å². The summed E-state index contributed by atoms with van der Waals surface area (Å²) in [5, 5.41) is 14.5. The molecule has 78 valence electrons. The predicted molar refractivity (Wildman–Crippen MR) is 37.3 cm³/mol. The van der Waals surface area contributed by atoms with Crippen LogP contribution in [0.2, 0.25) is 0 Å². The number of carboxylic acid groups (broad SMARTS) is 1. The Kier molecular flexibility index (Phi) is 2.73. The van der Waals surface area contributed by atoms with Crippen molar-refractivity contribution in [2.45, 2.75) is 19.1 Å². The van der Waals surface area contributed by atoms with Gasteiger partial charge in [0.1, 0.15) is 12.2 Å². The molecule has 14 heavy (non-hydrogen) atoms. The number of carbonyl (C=O) groups is 1. The Bertz CT molecular complexity index is 333. The van der Waals surface area contributed by atoms with Crippen molar-refractivity contribution >= 4 is 5.97 Å². The van der Waals surface area contributed by atoms with Gasteiger partial charge in [0.15, 0.2) is 0 Å². The van der Waals surface area contributed by atoms with Crippen molar-refractivity contribution in [2.75, 3.05) is 0 Å². The summed E-state index contributed by atoms with van der Waals surface area (Å²) >= 11 is 0. The van der Waals surface area contributed by atoms with E-state index in [1.165, 1.54) is 0 Å². The summed E-state index contributed by atoms with van der Waals surface area (Å²) in [6, 6.07) is 0. The number of alkyl halides is 3. The zero-order valence-corrected chi connectivity index (χ0v) is 6.82. The van der Waals surface area contributed by atoms with E-state index in [1.54, 1.807) is 0 Å². The smallest absolute Gasteiger partial charge is 0.481 e. The van der Waals surface area contributed by atoms with Gasteiger partial charge in [-0.1, -0.05) is 0 Å². The minimum atomic E-state index is -4.60. The normalized spacial score (nSPS) is 11.6. The number of hydrogen-bond acceptors (Lipinski definition) is 3. The summed E-state index contributed by atoms with van der Waals surface area (Å²) in [5.74, 6) is -1.58. The van der Waals surface area contributed by atoms with Crippen LogP contribution in [0.25, 0.3) is 0 Å². The van der Waals surface area contributed by atoms with Crippen LogP contribution in [0, 0.1) is 0 Å². The topological polar surface area (TPSA) is 68.0 Å². The number of hydrogen-bond donors (Lipinski definition) is 1. The highest BCUT2D eigenvalue weighted by molar-refractivity contribution is 5.66. The number of rotatable bonds is 3. The minimum absolute atomic E-state index is 0.101. The number of halogens is 3. The molecule has 0 aliphatic carbocycles. The Morgan fingerprint density at radius 3 is 2.71 bits per heavy atom. The average molecular weight is 209 g/mol. The molecule has 0 aromatic carbocycles. The summed E-state index contributed by atoms with van der Waals surface area (Å²) in [6.45, 7) is 0. The van der Waals surface area contributed by atoms with Gasteiger partial charge in [0.2, 0.25) is 0 Å². The second kappa shape index (κ2) is 3.64. The van der Waals surface area contributed by atoms with E-state index in [0.29, 0.717) is 6.33 Å². The predicted octanol–water partition coefficient (Wildman–Crippen LogP) is 0.772. The molecule has 0 fully saturated rings. The van der Waals surface area contributed by atoms with Crippen molar-refractivity contribution in [3.63, 3.8) is 0 Å². The van der Waals surface area contributed by atoms with Crippen LogP contribution in [-0.4, -0.2) is 25.8 Å². The highest BCUT2D eigenvalue weighted by Gasteiger charge is 2.33. The lowest BCUT2D eigenvalue weighted by Gasteiger charge is -2.08. The van der Waals surface area contributed by atoms with Crippen LogP contribution in [0.4, 0.5) is 13.2 Å². The average Bonchev–Trinajstić information content (AvgIpc) is 2.46. The largest absolute Gasteiger partial charge is 0.491 e. The van der Waals surface area contributed by atoms with E-state index in [0.717, 1.165) is 0 Å². The molecule has 0 bridgehead atoms. The van der Waals surface area contributed by atoms with Crippen molar-refractivity contribution in [1.29, 1.82) is 0 Å². The van der Waals surface area contributed by atoms with Crippen LogP contribution in [0.15, 0.2) is 6.33 Å². The molecule has 1 aromatic rings. The molecular formula is C6H6F3N3O2. The lowest BCUT2D eigenvalue weighted by Crippen LogP contribution is -2.19. The molecule has 0 aliphatic heterocycles. The van der Waals surface area contributed by atoms with Crippen molar-refractivity contribution in [1.82, 2.24) is 14.8 Å². The molecule has 0 saturated carbocycles. The van der Waals surface area contributed by atoms with E-state index in [1.807, 2.05) is 0 Å². The molecule has 0 aliphatic rings. The minimum Gasteiger partial charge on any atom is -0.481 e. The maximum Gasteiger partial charge on any atom is 0.491 e. The highest BCUT2D eigenvalue weighted by Crippen LogP contribution is 2.23. The van der Waals surface area contributed by atoms with E-state index in [9.17, 15) is 18.0 Å². The van der Waals surface area contributed by atoms with Gasteiger partial charge in [-0.05, 0) is 0 Å². The molecule has 0 atom stereocenters. The van der Waals surface area contributed by atoms with Gasteiger partial charge in [-0.2, -0.15) is 0 Å². The maximum absolute atomic E-state index is 12.1. The van der Waals surface area contributed by atoms with Crippen LogP contribution >= 0.6 is 0 Å². The zero-order valence-electron chi connectivity index (χ0n) is 6.82. The van der Waals surface area contributed by atoms with Gasteiger partial charge in [0.05, 0.1) is 6.42 Å². The third-order valence-electron chi connectivity index (χ3n) is 1.45. The van der Waals surface area contributed by atoms with Crippen molar-refractivity contribution in [2.24, 2.45) is 0 Å². The first-order chi connectivity index (χ1) is 6.41. The Hall–Kier alpha value is -1.60. The molecule has 1 rings (SSSR count). The quantitative estimate of drug-likeness (QED) is 0.798. The lowest BCUT2D eigenvalue weighted by molar-refractivity contribution is -0.205. The number of nitrogens with zero attached hydrogens (tertiary/aromatic N) is 3. The van der Waals surface area contributed by atoms with Gasteiger partial charge in [0.25, 0.3) is 0 Å². The van der Waals surface area contributed by atoms with Gasteiger partial charge in [-0.15, -0.1) is 23.4 Å². The molecule has 8 heteroatoms. The first-order valence-corrected chi connectivity index (χ1v) is 3.59. The molecule has 0 saturated heterocycles. The van der Waals surface area contributed by atoms with Crippen LogP contribution in [0.3, 0.4) is 0 Å². The molecule has 5 nitrogen and oxygen atoms in total. The van der Waals surface area contributed by atoms with Crippen LogP contribution in [-0.2, 0) is 17.5 Å². The SMILES string of the molecule is O=C(O)CCc1nncn1C(F)(F)F. The van der Waals surface area contributed by atoms with E-state index in [-0.39, 0.29) is 11.0 Å². The fourth-order valence-electron chi connectivity index (χ4n) is 0.860. The summed E-state index contributed by atoms with van der Waals surface area (Å²) in [4.78, 5) is 10.1. The standard InChI is InChI=1S/C6H6F3N3O2/c7-6(8,9)12-3-10-11-4(12)1-2-5(13)14/h3H,1-2H2,(H,13,14). The van der Waals surface area contributed by atoms with Crippen LogP contribution < -0.4 is 0 Å². The number of carboxylic acids is 1.